The van der Waals surface area contributed by atoms with Crippen molar-refractivity contribution in [3.8, 4) is 17.1 Å². The normalized spacial score (nSPS) is 10.9. The second-order valence-corrected chi connectivity index (χ2v) is 5.38. The molecule has 0 unspecified atom stereocenters. The van der Waals surface area contributed by atoms with Crippen molar-refractivity contribution in [2.24, 2.45) is 0 Å². The summed E-state index contributed by atoms with van der Waals surface area (Å²) in [6, 6.07) is 12.0. The van der Waals surface area contributed by atoms with Gasteiger partial charge in [0, 0.05) is 24.5 Å². The summed E-state index contributed by atoms with van der Waals surface area (Å²) >= 11 is 0. The van der Waals surface area contributed by atoms with Crippen molar-refractivity contribution in [1.29, 1.82) is 0 Å². The molecule has 5 heteroatoms. The maximum atomic E-state index is 5.88. The molecule has 0 aliphatic heterocycles. The fraction of sp³-hybridized carbons (Fsp3) is 0.222. The molecule has 1 aromatic carbocycles. The Hall–Kier alpha value is -2.66. The molecule has 0 saturated heterocycles. The Kier molecular flexibility index (Phi) is 4.68. The first kappa shape index (κ1) is 15.2. The van der Waals surface area contributed by atoms with E-state index in [0.29, 0.717) is 6.54 Å². The Morgan fingerprint density at radius 3 is 2.61 bits per heavy atom. The van der Waals surface area contributed by atoms with E-state index < -0.39 is 0 Å². The van der Waals surface area contributed by atoms with Gasteiger partial charge in [-0.1, -0.05) is 18.2 Å². The van der Waals surface area contributed by atoms with Gasteiger partial charge in [-0.05, 0) is 25.2 Å². The molecule has 0 amide bonds. The van der Waals surface area contributed by atoms with Crippen LogP contribution in [0.1, 0.15) is 11.3 Å². The topological polar surface area (TPSA) is 51.4 Å². The van der Waals surface area contributed by atoms with Crippen LogP contribution in [0.15, 0.2) is 59.5 Å². The van der Waals surface area contributed by atoms with E-state index >= 15 is 0 Å². The van der Waals surface area contributed by atoms with E-state index in [9.17, 15) is 0 Å². The molecule has 5 nitrogen and oxygen atoms in total. The SMILES string of the molecule is COc1ccccc1CN(C)Cc1ccc(-c2cncnc2)o1. The number of aromatic nitrogens is 2. The first-order chi connectivity index (χ1) is 11.3. The van der Waals surface area contributed by atoms with Crippen LogP contribution in [-0.2, 0) is 13.1 Å². The minimum Gasteiger partial charge on any atom is -0.496 e. The van der Waals surface area contributed by atoms with Gasteiger partial charge in [0.15, 0.2) is 0 Å². The maximum Gasteiger partial charge on any atom is 0.137 e. The lowest BCUT2D eigenvalue weighted by atomic mass is 10.2. The zero-order valence-corrected chi connectivity index (χ0v) is 13.3. The summed E-state index contributed by atoms with van der Waals surface area (Å²) in [7, 11) is 3.75. The van der Waals surface area contributed by atoms with Crippen LogP contribution in [0, 0.1) is 0 Å². The molecule has 0 atom stereocenters. The molecular weight excluding hydrogens is 290 g/mol. The predicted octanol–water partition coefficient (Wildman–Crippen LogP) is 3.38. The van der Waals surface area contributed by atoms with Crippen molar-refractivity contribution >= 4 is 0 Å². The van der Waals surface area contributed by atoms with Crippen molar-refractivity contribution in [2.75, 3.05) is 14.2 Å². The largest absolute Gasteiger partial charge is 0.496 e. The van der Waals surface area contributed by atoms with Crippen molar-refractivity contribution in [1.82, 2.24) is 14.9 Å². The van der Waals surface area contributed by atoms with E-state index in [1.54, 1.807) is 19.5 Å². The predicted molar refractivity (Wildman–Crippen MR) is 87.9 cm³/mol. The van der Waals surface area contributed by atoms with Gasteiger partial charge >= 0.3 is 0 Å². The van der Waals surface area contributed by atoms with Crippen molar-refractivity contribution in [2.45, 2.75) is 13.1 Å². The number of hydrogen-bond acceptors (Lipinski definition) is 5. The monoisotopic (exact) mass is 309 g/mol. The highest BCUT2D eigenvalue weighted by Crippen LogP contribution is 2.23. The Morgan fingerprint density at radius 2 is 1.83 bits per heavy atom. The van der Waals surface area contributed by atoms with Crippen LogP contribution >= 0.6 is 0 Å². The summed E-state index contributed by atoms with van der Waals surface area (Å²) < 4.78 is 11.3. The van der Waals surface area contributed by atoms with Gasteiger partial charge in [0.25, 0.3) is 0 Å². The molecule has 0 N–H and O–H groups in total. The van der Waals surface area contributed by atoms with E-state index in [1.165, 1.54) is 6.33 Å². The van der Waals surface area contributed by atoms with Crippen LogP contribution in [0.4, 0.5) is 0 Å². The van der Waals surface area contributed by atoms with E-state index in [0.717, 1.165) is 34.9 Å². The van der Waals surface area contributed by atoms with Crippen LogP contribution in [0.2, 0.25) is 0 Å². The van der Waals surface area contributed by atoms with Crippen LogP contribution in [0.25, 0.3) is 11.3 Å². The lowest BCUT2D eigenvalue weighted by molar-refractivity contribution is 0.284. The molecular formula is C18H19N3O2. The van der Waals surface area contributed by atoms with E-state index in [2.05, 4.69) is 28.0 Å². The fourth-order valence-electron chi connectivity index (χ4n) is 2.49. The smallest absolute Gasteiger partial charge is 0.137 e. The highest BCUT2D eigenvalue weighted by Gasteiger charge is 2.10. The lowest BCUT2D eigenvalue weighted by Gasteiger charge is -2.17. The number of ether oxygens (including phenoxy) is 1. The van der Waals surface area contributed by atoms with Gasteiger partial charge < -0.3 is 9.15 Å². The average molecular weight is 309 g/mol. The average Bonchev–Trinajstić information content (AvgIpc) is 3.04. The molecule has 23 heavy (non-hydrogen) atoms. The van der Waals surface area contributed by atoms with Gasteiger partial charge in [0.1, 0.15) is 23.6 Å². The molecule has 2 aromatic heterocycles. The van der Waals surface area contributed by atoms with Gasteiger partial charge in [-0.2, -0.15) is 0 Å². The van der Waals surface area contributed by atoms with Crippen LogP contribution in [0.5, 0.6) is 5.75 Å². The first-order valence-electron chi connectivity index (χ1n) is 7.41. The summed E-state index contributed by atoms with van der Waals surface area (Å²) in [5.74, 6) is 2.59. The quantitative estimate of drug-likeness (QED) is 0.698. The molecule has 3 aromatic rings. The molecule has 0 bridgehead atoms. The number of methoxy groups -OCH3 is 1. The number of rotatable bonds is 6. The van der Waals surface area contributed by atoms with Gasteiger partial charge in [-0.25, -0.2) is 9.97 Å². The number of hydrogen-bond donors (Lipinski definition) is 0. The summed E-state index contributed by atoms with van der Waals surface area (Å²) in [4.78, 5) is 10.2. The van der Waals surface area contributed by atoms with Crippen LogP contribution in [-0.4, -0.2) is 29.0 Å². The number of furan rings is 1. The zero-order valence-electron chi connectivity index (χ0n) is 13.3. The summed E-state index contributed by atoms with van der Waals surface area (Å²) in [6.07, 6.45) is 5.00. The third kappa shape index (κ3) is 3.76. The van der Waals surface area contributed by atoms with Crippen LogP contribution < -0.4 is 4.74 Å². The molecule has 0 spiro atoms. The highest BCUT2D eigenvalue weighted by atomic mass is 16.5. The summed E-state index contributed by atoms with van der Waals surface area (Å²) in [6.45, 7) is 1.50. The van der Waals surface area contributed by atoms with E-state index in [-0.39, 0.29) is 0 Å². The number of para-hydroxylation sites is 1. The lowest BCUT2D eigenvalue weighted by Crippen LogP contribution is -2.17. The molecule has 118 valence electrons. The zero-order chi connectivity index (χ0) is 16.1. The van der Waals surface area contributed by atoms with Crippen LogP contribution in [0.3, 0.4) is 0 Å². The highest BCUT2D eigenvalue weighted by molar-refractivity contribution is 5.54. The third-order valence-corrected chi connectivity index (χ3v) is 3.57. The molecule has 0 fully saturated rings. The van der Waals surface area contributed by atoms with Crippen molar-refractivity contribution in [3.63, 3.8) is 0 Å². The fourth-order valence-corrected chi connectivity index (χ4v) is 2.49. The van der Waals surface area contributed by atoms with Gasteiger partial charge in [-0.3, -0.25) is 4.90 Å². The second-order valence-electron chi connectivity index (χ2n) is 5.38. The van der Waals surface area contributed by atoms with Gasteiger partial charge in [0.2, 0.25) is 0 Å². The van der Waals surface area contributed by atoms with Crippen molar-refractivity contribution < 1.29 is 9.15 Å². The first-order valence-corrected chi connectivity index (χ1v) is 7.41. The Bertz CT molecular complexity index is 756. The Morgan fingerprint density at radius 1 is 1.04 bits per heavy atom. The second kappa shape index (κ2) is 7.07. The van der Waals surface area contributed by atoms with Crippen molar-refractivity contribution in [3.05, 3.63) is 66.4 Å². The van der Waals surface area contributed by atoms with Gasteiger partial charge in [0.05, 0.1) is 19.2 Å². The third-order valence-electron chi connectivity index (χ3n) is 3.57. The molecule has 0 aliphatic rings. The summed E-state index contributed by atoms with van der Waals surface area (Å²) in [5.41, 5.74) is 2.03. The Balaban J connectivity index is 1.67. The molecule has 0 saturated carbocycles. The maximum absolute atomic E-state index is 5.88. The van der Waals surface area contributed by atoms with Gasteiger partial charge in [-0.15, -0.1) is 0 Å². The summed E-state index contributed by atoms with van der Waals surface area (Å²) in [5, 5.41) is 0. The minimum absolute atomic E-state index is 0.714. The number of benzene rings is 1. The molecule has 3 rings (SSSR count). The minimum atomic E-state index is 0.714. The Labute approximate surface area is 135 Å². The molecule has 2 heterocycles. The molecule has 0 aliphatic carbocycles. The standard InChI is InChI=1S/C18H19N3O2/c1-21(11-14-5-3-4-6-17(14)22-2)12-16-7-8-18(23-16)15-9-19-13-20-10-15/h3-10,13H,11-12H2,1-2H3. The number of nitrogens with zero attached hydrogens (tertiary/aromatic N) is 3. The van der Waals surface area contributed by atoms with E-state index in [1.807, 2.05) is 30.3 Å². The van der Waals surface area contributed by atoms with E-state index in [4.69, 9.17) is 9.15 Å². The molecule has 0 radical (unpaired) electrons.